The van der Waals surface area contributed by atoms with E-state index in [4.69, 9.17) is 4.74 Å². The maximum absolute atomic E-state index is 13.7. The molecule has 0 radical (unpaired) electrons. The summed E-state index contributed by atoms with van der Waals surface area (Å²) in [6.07, 6.45) is -0.684. The Bertz CT molecular complexity index is 1350. The van der Waals surface area contributed by atoms with E-state index >= 15 is 0 Å². The van der Waals surface area contributed by atoms with Gasteiger partial charge in [-0.05, 0) is 43.2 Å². The van der Waals surface area contributed by atoms with Gasteiger partial charge in [-0.25, -0.2) is 0 Å². The van der Waals surface area contributed by atoms with Crippen molar-refractivity contribution < 1.29 is 32.3 Å². The zero-order valence-corrected chi connectivity index (χ0v) is 22.0. The second-order valence-corrected chi connectivity index (χ2v) is 11.0. The van der Waals surface area contributed by atoms with Crippen molar-refractivity contribution in [3.8, 4) is 6.07 Å². The minimum Gasteiger partial charge on any atom is -0.376 e. The number of fused-ring (bicyclic) bond motifs is 2. The molecular weight excluding hydrogens is 517 g/mol. The van der Waals surface area contributed by atoms with Crippen molar-refractivity contribution in [2.75, 3.05) is 13.7 Å². The number of alkyl halides is 3. The fourth-order valence-corrected chi connectivity index (χ4v) is 5.48. The molecule has 4 rings (SSSR count). The third-order valence-electron chi connectivity index (χ3n) is 8.03. The summed E-state index contributed by atoms with van der Waals surface area (Å²) in [6.45, 7) is 6.71. The number of amides is 3. The highest BCUT2D eigenvalue weighted by molar-refractivity contribution is 5.95. The van der Waals surface area contributed by atoms with E-state index in [0.29, 0.717) is 16.5 Å². The van der Waals surface area contributed by atoms with Crippen LogP contribution in [0.15, 0.2) is 30.7 Å². The Labute approximate surface area is 222 Å². The number of carbonyl (C=O) groups excluding carboxylic acids is 3. The summed E-state index contributed by atoms with van der Waals surface area (Å²) in [4.78, 5) is 48.8. The van der Waals surface area contributed by atoms with Gasteiger partial charge in [0.2, 0.25) is 11.8 Å². The molecule has 0 spiro atoms. The van der Waals surface area contributed by atoms with E-state index < -0.39 is 47.6 Å². The summed E-state index contributed by atoms with van der Waals surface area (Å²) in [5, 5.41) is 15.0. The quantitative estimate of drug-likeness (QED) is 0.544. The molecule has 1 aliphatic carbocycles. The van der Waals surface area contributed by atoms with Gasteiger partial charge >= 0.3 is 12.1 Å². The van der Waals surface area contributed by atoms with Crippen LogP contribution in [-0.2, 0) is 19.1 Å². The molecule has 5 atom stereocenters. The lowest BCUT2D eigenvalue weighted by atomic mass is 9.94. The largest absolute Gasteiger partial charge is 0.471 e. The first-order valence-corrected chi connectivity index (χ1v) is 12.3. The number of hydrogen-bond acceptors (Lipinski definition) is 7. The van der Waals surface area contributed by atoms with Gasteiger partial charge in [-0.2, -0.15) is 18.4 Å². The summed E-state index contributed by atoms with van der Waals surface area (Å²) < 4.78 is 44.5. The van der Waals surface area contributed by atoms with Crippen LogP contribution in [-0.4, -0.2) is 70.1 Å². The molecule has 3 heterocycles. The molecule has 10 nitrogen and oxygen atoms in total. The van der Waals surface area contributed by atoms with E-state index in [-0.39, 0.29) is 23.8 Å². The maximum Gasteiger partial charge on any atom is 0.471 e. The molecule has 208 valence electrons. The Morgan fingerprint density at radius 3 is 2.54 bits per heavy atom. The van der Waals surface area contributed by atoms with Crippen molar-refractivity contribution in [1.29, 1.82) is 5.26 Å². The second-order valence-electron chi connectivity index (χ2n) is 11.0. The van der Waals surface area contributed by atoms with Crippen molar-refractivity contribution in [2.24, 2.45) is 17.3 Å². The van der Waals surface area contributed by atoms with Crippen LogP contribution < -0.4 is 10.6 Å². The number of aromatic nitrogens is 2. The molecule has 2 N–H and O–H groups in total. The molecule has 2 aromatic heterocycles. The Morgan fingerprint density at radius 2 is 1.92 bits per heavy atom. The number of rotatable bonds is 7. The third-order valence-corrected chi connectivity index (χ3v) is 8.03. The van der Waals surface area contributed by atoms with Crippen molar-refractivity contribution >= 4 is 28.6 Å². The molecule has 0 aromatic carbocycles. The lowest BCUT2D eigenvalue weighted by molar-refractivity contribution is -0.178. The normalized spacial score (nSPS) is 23.4. The standard InChI is InChI=1S/C26H29F3N6O4/c1-24(2)15-12-35(22(37)20(25(3,4)39-5)34-23(38)26(27,28)29)19(17(15)24)21(36)33-16(9-30)14-11-31-10-13-7-6-8-32-18(13)14/h6-8,10-11,15-17,19-20H,12H2,1-5H3,(H,33,36)(H,34,38)/t15-,16?,17-,19-,20?/m0/s1. The number of ether oxygens (including phenoxy) is 1. The van der Waals surface area contributed by atoms with Gasteiger partial charge in [0.1, 0.15) is 18.1 Å². The molecule has 2 unspecified atom stereocenters. The molecule has 1 aliphatic heterocycles. The predicted octanol–water partition coefficient (Wildman–Crippen LogP) is 2.27. The maximum atomic E-state index is 13.7. The van der Waals surface area contributed by atoms with Crippen LogP contribution in [0, 0.1) is 28.6 Å². The zero-order chi connectivity index (χ0) is 28.9. The van der Waals surface area contributed by atoms with Crippen LogP contribution in [0.25, 0.3) is 10.9 Å². The van der Waals surface area contributed by atoms with Crippen molar-refractivity contribution in [3.05, 3.63) is 36.3 Å². The van der Waals surface area contributed by atoms with E-state index in [1.807, 2.05) is 19.9 Å². The third kappa shape index (κ3) is 5.01. The number of pyridine rings is 2. The molecule has 1 saturated heterocycles. The lowest BCUT2D eigenvalue weighted by Gasteiger charge is -2.38. The Kier molecular flexibility index (Phi) is 7.06. The molecular formula is C26H29F3N6O4. The van der Waals surface area contributed by atoms with Crippen molar-refractivity contribution in [1.82, 2.24) is 25.5 Å². The minimum absolute atomic E-state index is 0.0942. The molecule has 2 aliphatic rings. The highest BCUT2D eigenvalue weighted by atomic mass is 19.4. The van der Waals surface area contributed by atoms with E-state index in [1.165, 1.54) is 32.1 Å². The lowest BCUT2D eigenvalue weighted by Crippen LogP contribution is -2.63. The first-order chi connectivity index (χ1) is 18.1. The number of nitriles is 1. The summed E-state index contributed by atoms with van der Waals surface area (Å²) in [5.74, 6) is -4.21. The van der Waals surface area contributed by atoms with Gasteiger partial charge < -0.3 is 20.3 Å². The highest BCUT2D eigenvalue weighted by Gasteiger charge is 2.70. The van der Waals surface area contributed by atoms with E-state index in [2.05, 4.69) is 15.3 Å². The van der Waals surface area contributed by atoms with Crippen molar-refractivity contribution in [2.45, 2.75) is 57.6 Å². The fraction of sp³-hybridized carbons (Fsp3) is 0.538. The van der Waals surface area contributed by atoms with Gasteiger partial charge in [-0.3, -0.25) is 24.4 Å². The molecule has 2 fully saturated rings. The van der Waals surface area contributed by atoms with Crippen LogP contribution in [0.3, 0.4) is 0 Å². The van der Waals surface area contributed by atoms with Gasteiger partial charge in [-0.1, -0.05) is 13.8 Å². The van der Waals surface area contributed by atoms with Gasteiger partial charge in [0.15, 0.2) is 0 Å². The number of halogens is 3. The summed E-state index contributed by atoms with van der Waals surface area (Å²) in [5.41, 5.74) is -1.01. The van der Waals surface area contributed by atoms with Crippen LogP contribution in [0.1, 0.15) is 39.3 Å². The average Bonchev–Trinajstić information content (AvgIpc) is 3.21. The first-order valence-electron chi connectivity index (χ1n) is 12.3. The molecule has 0 bridgehead atoms. The van der Waals surface area contributed by atoms with Gasteiger partial charge in [-0.15, -0.1) is 0 Å². The van der Waals surface area contributed by atoms with E-state index in [1.54, 1.807) is 29.8 Å². The van der Waals surface area contributed by atoms with Crippen LogP contribution in [0.4, 0.5) is 13.2 Å². The number of piperidine rings is 1. The second kappa shape index (κ2) is 9.75. The zero-order valence-electron chi connectivity index (χ0n) is 22.0. The van der Waals surface area contributed by atoms with Crippen molar-refractivity contribution in [3.63, 3.8) is 0 Å². The fourth-order valence-electron chi connectivity index (χ4n) is 5.48. The number of methoxy groups -OCH3 is 1. The first kappa shape index (κ1) is 28.2. The number of hydrogen-bond donors (Lipinski definition) is 2. The average molecular weight is 547 g/mol. The Hall–Kier alpha value is -3.79. The number of nitrogens with zero attached hydrogens (tertiary/aromatic N) is 4. The highest BCUT2D eigenvalue weighted by Crippen LogP contribution is 2.65. The van der Waals surface area contributed by atoms with E-state index in [0.717, 1.165) is 0 Å². The minimum atomic E-state index is -5.23. The monoisotopic (exact) mass is 546 g/mol. The van der Waals surface area contributed by atoms with Gasteiger partial charge in [0, 0.05) is 43.2 Å². The number of carbonyl (C=O) groups is 3. The Morgan fingerprint density at radius 1 is 1.23 bits per heavy atom. The number of likely N-dealkylation sites (tertiary alicyclic amines) is 1. The van der Waals surface area contributed by atoms with Gasteiger partial charge in [0.25, 0.3) is 0 Å². The van der Waals surface area contributed by atoms with Gasteiger partial charge in [0.05, 0.1) is 17.2 Å². The molecule has 1 saturated carbocycles. The Balaban J connectivity index is 1.65. The molecule has 39 heavy (non-hydrogen) atoms. The SMILES string of the molecule is COC(C)(C)C(NC(=O)C(F)(F)F)C(=O)N1C[C@H]2[C@@H]([C@H]1C(=O)NC(C#N)c1cncc3cccnc13)C2(C)C. The van der Waals surface area contributed by atoms with Crippen LogP contribution in [0.5, 0.6) is 0 Å². The number of nitrogens with one attached hydrogen (secondary N) is 2. The van der Waals surface area contributed by atoms with E-state index in [9.17, 15) is 32.8 Å². The summed E-state index contributed by atoms with van der Waals surface area (Å²) >= 11 is 0. The molecule has 2 aromatic rings. The smallest absolute Gasteiger partial charge is 0.376 e. The molecule has 13 heteroatoms. The topological polar surface area (TPSA) is 137 Å². The summed E-state index contributed by atoms with van der Waals surface area (Å²) in [7, 11) is 1.21. The van der Waals surface area contributed by atoms with Crippen LogP contribution in [0.2, 0.25) is 0 Å². The predicted molar refractivity (Wildman–Crippen MR) is 131 cm³/mol. The summed E-state index contributed by atoms with van der Waals surface area (Å²) in [6, 6.07) is 1.54. The van der Waals surface area contributed by atoms with Crippen LogP contribution >= 0.6 is 0 Å². The molecule has 3 amide bonds.